The molecule has 2 unspecified atom stereocenters. The number of anilines is 3. The van der Waals surface area contributed by atoms with Gasteiger partial charge < -0.3 is 21.7 Å². The molecule has 5 aliphatic rings. The van der Waals surface area contributed by atoms with Crippen molar-refractivity contribution in [2.45, 2.75) is 63.5 Å². The summed E-state index contributed by atoms with van der Waals surface area (Å²) < 4.78 is 0.820. The number of carbonyl (C=O) groups excluding carboxylic acids is 2. The van der Waals surface area contributed by atoms with Crippen LogP contribution < -0.4 is 21.7 Å². The van der Waals surface area contributed by atoms with E-state index < -0.39 is 0 Å². The highest BCUT2D eigenvalue weighted by Crippen LogP contribution is 2.60. The summed E-state index contributed by atoms with van der Waals surface area (Å²) in [4.78, 5) is 33.6. The van der Waals surface area contributed by atoms with Crippen LogP contribution in [0.4, 0.5) is 17.5 Å². The lowest BCUT2D eigenvalue weighted by molar-refractivity contribution is -0.147. The molecule has 0 saturated heterocycles. The molecule has 4 bridgehead atoms. The lowest BCUT2D eigenvalue weighted by Gasteiger charge is -2.59. The molecule has 2 atom stereocenters. The Bertz CT molecular complexity index is 1150. The summed E-state index contributed by atoms with van der Waals surface area (Å²) in [7, 11) is 0. The molecule has 0 spiro atoms. The smallest absolute Gasteiger partial charge is 0.229 e. The van der Waals surface area contributed by atoms with Crippen molar-refractivity contribution in [3.8, 4) is 0 Å². The molecule has 5 N–H and O–H groups in total. The Hall–Kier alpha value is -2.68. The van der Waals surface area contributed by atoms with Crippen molar-refractivity contribution in [1.82, 2.24) is 15.3 Å². The molecule has 0 aliphatic heterocycles. The van der Waals surface area contributed by atoms with Gasteiger partial charge in [-0.25, -0.2) is 4.98 Å². The lowest BCUT2D eigenvalue weighted by atomic mass is 9.47. The standard InChI is InChI=1S/C26H31BrN6O2/c27-20-13-29-25(31-19-3-1-2-14(8-19)9-21(28)34)33-23(20)32-22-16-6-15-7-17(22)12-26(10-15,11-16)24(35)30-18-4-5-18/h1-3,8,13,15-18,22H,4-7,9-12H2,(H2,28,34)(H,30,35)(H2,29,31,32,33). The Morgan fingerprint density at radius 3 is 2.63 bits per heavy atom. The number of rotatable bonds is 8. The highest BCUT2D eigenvalue weighted by atomic mass is 79.9. The zero-order valence-corrected chi connectivity index (χ0v) is 21.2. The molecule has 1 aromatic carbocycles. The molecule has 5 saturated carbocycles. The van der Waals surface area contributed by atoms with Crippen molar-refractivity contribution in [3.63, 3.8) is 0 Å². The van der Waals surface area contributed by atoms with Crippen molar-refractivity contribution in [1.29, 1.82) is 0 Å². The number of nitrogens with two attached hydrogens (primary N) is 1. The average Bonchev–Trinajstić information content (AvgIpc) is 3.62. The number of carbonyl (C=O) groups is 2. The SMILES string of the molecule is NC(=O)Cc1cccc(Nc2ncc(Br)c(NC3C4CC5CC3CC(C(=O)NC3CC3)(C5)C4)n2)c1. The minimum atomic E-state index is -0.365. The Labute approximate surface area is 213 Å². The number of aromatic nitrogens is 2. The van der Waals surface area contributed by atoms with E-state index >= 15 is 0 Å². The van der Waals surface area contributed by atoms with E-state index in [1.165, 1.54) is 12.8 Å². The van der Waals surface area contributed by atoms with Crippen molar-refractivity contribution >= 4 is 45.2 Å². The van der Waals surface area contributed by atoms with E-state index in [2.05, 4.69) is 36.9 Å². The number of nitrogens with zero attached hydrogens (tertiary/aromatic N) is 2. The molecule has 35 heavy (non-hydrogen) atoms. The van der Waals surface area contributed by atoms with Crippen LogP contribution in [0.2, 0.25) is 0 Å². The second-order valence-corrected chi connectivity index (χ2v) is 11.9. The third-order valence-electron chi connectivity index (χ3n) is 8.28. The topological polar surface area (TPSA) is 122 Å². The molecule has 0 radical (unpaired) electrons. The van der Waals surface area contributed by atoms with Crippen molar-refractivity contribution < 1.29 is 9.59 Å². The minimum Gasteiger partial charge on any atom is -0.369 e. The Morgan fingerprint density at radius 1 is 1.14 bits per heavy atom. The fourth-order valence-corrected chi connectivity index (χ4v) is 7.19. The van der Waals surface area contributed by atoms with Crippen LogP contribution in [0.3, 0.4) is 0 Å². The van der Waals surface area contributed by atoms with E-state index in [1.54, 1.807) is 6.20 Å². The van der Waals surface area contributed by atoms with Crippen LogP contribution in [0.1, 0.15) is 50.5 Å². The first-order valence-corrected chi connectivity index (χ1v) is 13.4. The van der Waals surface area contributed by atoms with E-state index in [0.29, 0.717) is 41.7 Å². The van der Waals surface area contributed by atoms with Gasteiger partial charge in [0.1, 0.15) is 5.82 Å². The highest BCUT2D eigenvalue weighted by Gasteiger charge is 2.58. The first-order valence-electron chi connectivity index (χ1n) is 12.6. The second kappa shape index (κ2) is 8.76. The van der Waals surface area contributed by atoms with Crippen LogP contribution in [-0.4, -0.2) is 33.9 Å². The van der Waals surface area contributed by atoms with E-state index in [0.717, 1.165) is 53.6 Å². The maximum Gasteiger partial charge on any atom is 0.229 e. The van der Waals surface area contributed by atoms with Gasteiger partial charge in [0.15, 0.2) is 0 Å². The molecule has 5 fully saturated rings. The van der Waals surface area contributed by atoms with Crippen molar-refractivity contribution in [2.75, 3.05) is 10.6 Å². The summed E-state index contributed by atoms with van der Waals surface area (Å²) in [6.45, 7) is 0. The fraction of sp³-hybridized carbons (Fsp3) is 0.538. The average molecular weight is 539 g/mol. The van der Waals surface area contributed by atoms with Gasteiger partial charge in [-0.15, -0.1) is 0 Å². The van der Waals surface area contributed by atoms with Crippen LogP contribution in [0.15, 0.2) is 34.9 Å². The quantitative estimate of drug-likeness (QED) is 0.404. The monoisotopic (exact) mass is 538 g/mol. The van der Waals surface area contributed by atoms with Crippen LogP contribution >= 0.6 is 15.9 Å². The predicted octanol–water partition coefficient (Wildman–Crippen LogP) is 3.90. The molecule has 1 heterocycles. The molecule has 1 aromatic heterocycles. The summed E-state index contributed by atoms with van der Waals surface area (Å²) in [5, 5.41) is 10.3. The molecule has 5 aliphatic carbocycles. The third-order valence-corrected chi connectivity index (χ3v) is 8.86. The zero-order chi connectivity index (χ0) is 24.2. The fourth-order valence-electron chi connectivity index (χ4n) is 6.88. The van der Waals surface area contributed by atoms with E-state index in [9.17, 15) is 9.59 Å². The summed E-state index contributed by atoms with van der Waals surface area (Å²) in [6.07, 6.45) is 9.59. The van der Waals surface area contributed by atoms with Crippen LogP contribution in [0.5, 0.6) is 0 Å². The first kappa shape index (κ1) is 22.8. The Kier molecular flexibility index (Phi) is 5.70. The van der Waals surface area contributed by atoms with Crippen molar-refractivity contribution in [3.05, 3.63) is 40.5 Å². The minimum absolute atomic E-state index is 0.164. The van der Waals surface area contributed by atoms with E-state index in [-0.39, 0.29) is 17.7 Å². The van der Waals surface area contributed by atoms with E-state index in [1.807, 2.05) is 24.3 Å². The maximum atomic E-state index is 13.2. The molecule has 9 heteroatoms. The van der Waals surface area contributed by atoms with Gasteiger partial charge in [0.2, 0.25) is 17.8 Å². The van der Waals surface area contributed by atoms with Gasteiger partial charge in [-0.1, -0.05) is 12.1 Å². The number of halogens is 1. The first-order chi connectivity index (χ1) is 16.9. The summed E-state index contributed by atoms with van der Waals surface area (Å²) in [6, 6.07) is 8.27. The zero-order valence-electron chi connectivity index (χ0n) is 19.6. The lowest BCUT2D eigenvalue weighted by Crippen LogP contribution is -2.60. The van der Waals surface area contributed by atoms with Crippen LogP contribution in [0, 0.1) is 23.2 Å². The van der Waals surface area contributed by atoms with Crippen molar-refractivity contribution in [2.24, 2.45) is 28.9 Å². The normalized spacial score (nSPS) is 30.7. The molecule has 7 rings (SSSR count). The Morgan fingerprint density at radius 2 is 1.91 bits per heavy atom. The molecule has 2 amide bonds. The number of benzene rings is 1. The van der Waals surface area contributed by atoms with Gasteiger partial charge in [0.05, 0.1) is 16.3 Å². The highest BCUT2D eigenvalue weighted by molar-refractivity contribution is 9.10. The van der Waals surface area contributed by atoms with E-state index in [4.69, 9.17) is 10.7 Å². The summed E-state index contributed by atoms with van der Waals surface area (Å²) in [5.74, 6) is 2.82. The third kappa shape index (κ3) is 4.62. The molecule has 2 aromatic rings. The summed E-state index contributed by atoms with van der Waals surface area (Å²) in [5.41, 5.74) is 6.81. The summed E-state index contributed by atoms with van der Waals surface area (Å²) >= 11 is 3.62. The molecular formula is C26H31BrN6O2. The molecule has 8 nitrogen and oxygen atoms in total. The number of nitrogens with one attached hydrogen (secondary N) is 3. The second-order valence-electron chi connectivity index (χ2n) is 11.0. The number of hydrogen-bond acceptors (Lipinski definition) is 6. The predicted molar refractivity (Wildman–Crippen MR) is 137 cm³/mol. The largest absolute Gasteiger partial charge is 0.369 e. The number of amides is 2. The van der Waals surface area contributed by atoms with Gasteiger partial charge in [0, 0.05) is 24.0 Å². The molecule has 184 valence electrons. The Balaban J connectivity index is 1.17. The maximum absolute atomic E-state index is 13.2. The van der Waals surface area contributed by atoms with Gasteiger partial charge in [-0.3, -0.25) is 9.59 Å². The van der Waals surface area contributed by atoms with Gasteiger partial charge in [-0.05, 0) is 96.3 Å². The van der Waals surface area contributed by atoms with Gasteiger partial charge in [-0.2, -0.15) is 4.98 Å². The van der Waals surface area contributed by atoms with Gasteiger partial charge in [0.25, 0.3) is 0 Å². The molecular weight excluding hydrogens is 508 g/mol. The van der Waals surface area contributed by atoms with Crippen LogP contribution in [-0.2, 0) is 16.0 Å². The number of hydrogen-bond donors (Lipinski definition) is 4. The number of primary amides is 1. The van der Waals surface area contributed by atoms with Gasteiger partial charge >= 0.3 is 0 Å². The van der Waals surface area contributed by atoms with Crippen LogP contribution in [0.25, 0.3) is 0 Å².